The van der Waals surface area contributed by atoms with E-state index >= 15 is 0 Å². The molecule has 15 heavy (non-hydrogen) atoms. The van der Waals surface area contributed by atoms with Crippen molar-refractivity contribution in [1.29, 1.82) is 0 Å². The van der Waals surface area contributed by atoms with Crippen LogP contribution in [0.1, 0.15) is 0 Å². The lowest BCUT2D eigenvalue weighted by Gasteiger charge is -2.29. The van der Waals surface area contributed by atoms with Crippen molar-refractivity contribution in [2.45, 2.75) is 6.04 Å². The van der Waals surface area contributed by atoms with Crippen LogP contribution in [-0.2, 0) is 0 Å². The molecule has 1 aromatic rings. The first-order valence-corrected chi connectivity index (χ1v) is 4.96. The van der Waals surface area contributed by atoms with Crippen molar-refractivity contribution >= 4 is 23.0 Å². The number of hydrogen-bond acceptors (Lipinski definition) is 4. The summed E-state index contributed by atoms with van der Waals surface area (Å²) in [6, 6.07) is 4.80. The first kappa shape index (κ1) is 10.2. The van der Waals surface area contributed by atoms with Crippen LogP contribution in [0.25, 0.3) is 0 Å². The molecule has 0 aliphatic carbocycles. The standard InChI is InChI=1S/C9H10ClN3O2/c10-8-3-7(13(14)15)1-2-9(8)12-6-4-11-5-6/h1-3,6,11-12H,4-5H2. The van der Waals surface area contributed by atoms with E-state index in [4.69, 9.17) is 11.6 Å². The molecule has 1 fully saturated rings. The highest BCUT2D eigenvalue weighted by Gasteiger charge is 2.18. The lowest BCUT2D eigenvalue weighted by atomic mass is 10.1. The van der Waals surface area contributed by atoms with E-state index in [-0.39, 0.29) is 5.69 Å². The van der Waals surface area contributed by atoms with Gasteiger partial charge >= 0.3 is 0 Å². The lowest BCUT2D eigenvalue weighted by molar-refractivity contribution is -0.384. The number of anilines is 1. The van der Waals surface area contributed by atoms with Crippen LogP contribution >= 0.6 is 11.6 Å². The Hall–Kier alpha value is -1.33. The van der Waals surface area contributed by atoms with Crippen LogP contribution in [0.5, 0.6) is 0 Å². The highest BCUT2D eigenvalue weighted by atomic mass is 35.5. The topological polar surface area (TPSA) is 67.2 Å². The van der Waals surface area contributed by atoms with Gasteiger partial charge in [-0.1, -0.05) is 11.6 Å². The molecule has 1 aromatic carbocycles. The van der Waals surface area contributed by atoms with Crippen LogP contribution < -0.4 is 10.6 Å². The molecule has 0 amide bonds. The van der Waals surface area contributed by atoms with Crippen molar-refractivity contribution in [2.75, 3.05) is 18.4 Å². The van der Waals surface area contributed by atoms with Crippen LogP contribution in [0.2, 0.25) is 5.02 Å². The summed E-state index contributed by atoms with van der Waals surface area (Å²) >= 11 is 5.91. The zero-order valence-electron chi connectivity index (χ0n) is 7.87. The van der Waals surface area contributed by atoms with Crippen molar-refractivity contribution < 1.29 is 4.92 Å². The molecule has 0 spiro atoms. The van der Waals surface area contributed by atoms with Gasteiger partial charge < -0.3 is 10.6 Å². The van der Waals surface area contributed by atoms with Gasteiger partial charge in [0.15, 0.2) is 0 Å². The Balaban J connectivity index is 2.14. The number of benzene rings is 1. The third-order valence-electron chi connectivity index (χ3n) is 2.30. The zero-order chi connectivity index (χ0) is 10.8. The molecule has 80 valence electrons. The average molecular weight is 228 g/mol. The molecular formula is C9H10ClN3O2. The number of nitro benzene ring substituents is 1. The number of nitro groups is 1. The second kappa shape index (κ2) is 4.04. The van der Waals surface area contributed by atoms with Crippen LogP contribution in [0.15, 0.2) is 18.2 Å². The van der Waals surface area contributed by atoms with E-state index in [1.54, 1.807) is 6.07 Å². The van der Waals surface area contributed by atoms with Gasteiger partial charge in [-0.3, -0.25) is 10.1 Å². The second-order valence-electron chi connectivity index (χ2n) is 3.42. The summed E-state index contributed by atoms with van der Waals surface area (Å²) in [5.41, 5.74) is 0.756. The minimum Gasteiger partial charge on any atom is -0.379 e. The van der Waals surface area contributed by atoms with E-state index in [2.05, 4.69) is 10.6 Å². The van der Waals surface area contributed by atoms with E-state index in [1.165, 1.54) is 12.1 Å². The Bertz CT molecular complexity index is 393. The van der Waals surface area contributed by atoms with E-state index in [0.717, 1.165) is 18.8 Å². The number of nitrogens with zero attached hydrogens (tertiary/aromatic N) is 1. The summed E-state index contributed by atoms with van der Waals surface area (Å²) in [7, 11) is 0. The van der Waals surface area contributed by atoms with E-state index in [0.29, 0.717) is 11.1 Å². The SMILES string of the molecule is O=[N+]([O-])c1ccc(NC2CNC2)c(Cl)c1. The van der Waals surface area contributed by atoms with Crippen molar-refractivity contribution in [1.82, 2.24) is 5.32 Å². The Morgan fingerprint density at radius 1 is 1.53 bits per heavy atom. The molecule has 0 unspecified atom stereocenters. The quantitative estimate of drug-likeness (QED) is 0.609. The number of rotatable bonds is 3. The van der Waals surface area contributed by atoms with Gasteiger partial charge in [-0.25, -0.2) is 0 Å². The van der Waals surface area contributed by atoms with Gasteiger partial charge in [0.1, 0.15) is 0 Å². The van der Waals surface area contributed by atoms with Gasteiger partial charge in [-0.15, -0.1) is 0 Å². The monoisotopic (exact) mass is 227 g/mol. The van der Waals surface area contributed by atoms with Crippen molar-refractivity contribution in [3.05, 3.63) is 33.3 Å². The van der Waals surface area contributed by atoms with Crippen LogP contribution in [0, 0.1) is 10.1 Å². The molecule has 1 aliphatic heterocycles. The van der Waals surface area contributed by atoms with Gasteiger partial charge in [-0.05, 0) is 6.07 Å². The number of nitrogens with one attached hydrogen (secondary N) is 2. The maximum Gasteiger partial charge on any atom is 0.271 e. The van der Waals surface area contributed by atoms with Crippen molar-refractivity contribution in [2.24, 2.45) is 0 Å². The number of hydrogen-bond donors (Lipinski definition) is 2. The Morgan fingerprint density at radius 3 is 2.73 bits per heavy atom. The Morgan fingerprint density at radius 2 is 2.27 bits per heavy atom. The molecule has 2 rings (SSSR count). The molecule has 1 aliphatic rings. The fourth-order valence-electron chi connectivity index (χ4n) is 1.35. The molecule has 0 aromatic heterocycles. The summed E-state index contributed by atoms with van der Waals surface area (Å²) < 4.78 is 0. The van der Waals surface area contributed by atoms with Gasteiger partial charge in [0, 0.05) is 25.2 Å². The maximum atomic E-state index is 10.5. The molecule has 0 bridgehead atoms. The highest BCUT2D eigenvalue weighted by molar-refractivity contribution is 6.33. The molecule has 2 N–H and O–H groups in total. The fraction of sp³-hybridized carbons (Fsp3) is 0.333. The summed E-state index contributed by atoms with van der Waals surface area (Å²) in [5, 5.41) is 17.2. The molecule has 0 saturated carbocycles. The zero-order valence-corrected chi connectivity index (χ0v) is 8.62. The molecule has 6 heteroatoms. The first-order valence-electron chi connectivity index (χ1n) is 4.58. The third-order valence-corrected chi connectivity index (χ3v) is 2.62. The molecule has 1 saturated heterocycles. The summed E-state index contributed by atoms with van der Waals surface area (Å²) in [6.45, 7) is 1.79. The smallest absolute Gasteiger partial charge is 0.271 e. The van der Waals surface area contributed by atoms with E-state index in [9.17, 15) is 10.1 Å². The lowest BCUT2D eigenvalue weighted by Crippen LogP contribution is -2.51. The number of non-ortho nitro benzene ring substituents is 1. The predicted octanol–water partition coefficient (Wildman–Crippen LogP) is 1.63. The van der Waals surface area contributed by atoms with Gasteiger partial charge in [-0.2, -0.15) is 0 Å². The summed E-state index contributed by atoms with van der Waals surface area (Å²) in [6.07, 6.45) is 0. The van der Waals surface area contributed by atoms with Crippen LogP contribution in [-0.4, -0.2) is 24.1 Å². The molecule has 1 heterocycles. The third kappa shape index (κ3) is 2.19. The maximum absolute atomic E-state index is 10.5. The largest absolute Gasteiger partial charge is 0.379 e. The molecule has 0 atom stereocenters. The number of halogens is 1. The molecule has 0 radical (unpaired) electrons. The van der Waals surface area contributed by atoms with E-state index in [1.807, 2.05) is 0 Å². The van der Waals surface area contributed by atoms with Gasteiger partial charge in [0.05, 0.1) is 21.7 Å². The van der Waals surface area contributed by atoms with Gasteiger partial charge in [0.2, 0.25) is 0 Å². The molecular weight excluding hydrogens is 218 g/mol. The van der Waals surface area contributed by atoms with Crippen molar-refractivity contribution in [3.8, 4) is 0 Å². The second-order valence-corrected chi connectivity index (χ2v) is 3.83. The minimum absolute atomic E-state index is 0.0114. The van der Waals surface area contributed by atoms with Crippen LogP contribution in [0.3, 0.4) is 0 Å². The molecule has 5 nitrogen and oxygen atoms in total. The normalized spacial score (nSPS) is 15.8. The van der Waals surface area contributed by atoms with Gasteiger partial charge in [0.25, 0.3) is 5.69 Å². The summed E-state index contributed by atoms with van der Waals surface area (Å²) in [5.74, 6) is 0. The van der Waals surface area contributed by atoms with Crippen molar-refractivity contribution in [3.63, 3.8) is 0 Å². The Kier molecular flexibility index (Phi) is 2.75. The first-order chi connectivity index (χ1) is 7.16. The summed E-state index contributed by atoms with van der Waals surface area (Å²) in [4.78, 5) is 10.0. The highest BCUT2D eigenvalue weighted by Crippen LogP contribution is 2.27. The van der Waals surface area contributed by atoms with Crippen LogP contribution in [0.4, 0.5) is 11.4 Å². The Labute approximate surface area is 91.6 Å². The predicted molar refractivity (Wildman–Crippen MR) is 58.4 cm³/mol. The minimum atomic E-state index is -0.458. The average Bonchev–Trinajstić information content (AvgIpc) is 2.12. The van der Waals surface area contributed by atoms with E-state index < -0.39 is 4.92 Å². The fourth-order valence-corrected chi connectivity index (χ4v) is 1.57.